The highest BCUT2D eigenvalue weighted by Gasteiger charge is 2.22. The number of hydrogen-bond donors (Lipinski definition) is 1. The van der Waals surface area contributed by atoms with Crippen LogP contribution in [0, 0.1) is 22.9 Å². The Balaban J connectivity index is 0.00000324. The summed E-state index contributed by atoms with van der Waals surface area (Å²) in [6.45, 7) is 5.05. The Morgan fingerprint density at radius 1 is 1.24 bits per heavy atom. The number of aromatic nitrogens is 4. The molecule has 0 aliphatic rings. The van der Waals surface area contributed by atoms with Crippen LogP contribution in [-0.2, 0) is 4.74 Å². The van der Waals surface area contributed by atoms with Crippen LogP contribution in [0.25, 0.3) is 17.0 Å². The lowest BCUT2D eigenvalue weighted by molar-refractivity contribution is -0.387. The fourth-order valence-electron chi connectivity index (χ4n) is 3.23. The summed E-state index contributed by atoms with van der Waals surface area (Å²) in [6.07, 6.45) is 4.30. The molecule has 0 aliphatic heterocycles. The summed E-state index contributed by atoms with van der Waals surface area (Å²) in [7, 11) is 0. The number of nitro benzene ring substituents is 1. The summed E-state index contributed by atoms with van der Waals surface area (Å²) < 4.78 is 21.0. The number of nitrogens with one attached hydrogen (secondary N) is 1. The SMILES string of the molecule is C.Cc1cc(F)c([N+](=O)[O-])cc1Nc1ncc(C(=O)OC(C)C)c(-c2cnc3ccccn23)n1. The molecule has 0 spiro atoms. The zero-order chi connectivity index (χ0) is 23.7. The van der Waals surface area contributed by atoms with Crippen LogP contribution in [-0.4, -0.2) is 36.3 Å². The second-order valence-electron chi connectivity index (χ2n) is 7.48. The lowest BCUT2D eigenvalue weighted by Crippen LogP contribution is -2.15. The van der Waals surface area contributed by atoms with E-state index in [4.69, 9.17) is 4.74 Å². The summed E-state index contributed by atoms with van der Waals surface area (Å²) in [5, 5.41) is 14.0. The van der Waals surface area contributed by atoms with Gasteiger partial charge in [0.15, 0.2) is 0 Å². The number of rotatable bonds is 6. The van der Waals surface area contributed by atoms with Gasteiger partial charge in [0.1, 0.15) is 16.9 Å². The summed E-state index contributed by atoms with van der Waals surface area (Å²) in [5.74, 6) is -1.49. The Kier molecular flexibility index (Phi) is 6.85. The van der Waals surface area contributed by atoms with Crippen molar-refractivity contribution >= 4 is 28.9 Å². The minimum Gasteiger partial charge on any atom is -0.459 e. The van der Waals surface area contributed by atoms with Gasteiger partial charge in [0.25, 0.3) is 0 Å². The molecule has 0 amide bonds. The Morgan fingerprint density at radius 3 is 2.71 bits per heavy atom. The van der Waals surface area contributed by atoms with Crippen LogP contribution in [0.4, 0.5) is 21.7 Å². The third kappa shape index (κ3) is 4.68. The van der Waals surface area contributed by atoms with Crippen molar-refractivity contribution in [2.24, 2.45) is 0 Å². The third-order valence-electron chi connectivity index (χ3n) is 4.75. The Bertz CT molecular complexity index is 1390. The van der Waals surface area contributed by atoms with Crippen LogP contribution in [0.15, 0.2) is 48.9 Å². The number of benzene rings is 1. The minimum atomic E-state index is -0.942. The number of nitrogens with zero attached hydrogens (tertiary/aromatic N) is 5. The van der Waals surface area contributed by atoms with Crippen molar-refractivity contribution in [2.45, 2.75) is 34.3 Å². The molecule has 0 bridgehead atoms. The van der Waals surface area contributed by atoms with E-state index in [9.17, 15) is 19.3 Å². The van der Waals surface area contributed by atoms with Crippen LogP contribution in [0.5, 0.6) is 0 Å². The fraction of sp³-hybridized carbons (Fsp3) is 0.217. The Labute approximate surface area is 194 Å². The standard InChI is InChI=1S/C22H19FN6O4.CH4/c1-12(2)33-21(30)14-10-25-22(26-16-9-17(29(31)32)15(23)8-13(16)3)27-20(14)18-11-24-19-6-4-5-7-28(18)19;/h4-12H,1-3H3,(H,25,26,27);1H4. The quantitative estimate of drug-likeness (QED) is 0.237. The number of imidazole rings is 1. The van der Waals surface area contributed by atoms with Gasteiger partial charge in [-0.15, -0.1) is 0 Å². The van der Waals surface area contributed by atoms with Gasteiger partial charge in [0.05, 0.1) is 28.6 Å². The van der Waals surface area contributed by atoms with E-state index in [1.54, 1.807) is 43.6 Å². The number of halogens is 1. The molecular formula is C23H23FN6O4. The van der Waals surface area contributed by atoms with Gasteiger partial charge >= 0.3 is 11.7 Å². The maximum atomic E-state index is 13.9. The second-order valence-corrected chi connectivity index (χ2v) is 7.48. The van der Waals surface area contributed by atoms with Gasteiger partial charge in [-0.1, -0.05) is 13.5 Å². The number of carbonyl (C=O) groups excluding carboxylic acids is 1. The van der Waals surface area contributed by atoms with Crippen LogP contribution < -0.4 is 5.32 Å². The van der Waals surface area contributed by atoms with E-state index in [1.165, 1.54) is 6.20 Å². The molecule has 0 saturated carbocycles. The molecule has 4 rings (SSSR count). The predicted octanol–water partition coefficient (Wildman–Crippen LogP) is 5.09. The second kappa shape index (κ2) is 9.61. The Hall–Kier alpha value is -4.41. The van der Waals surface area contributed by atoms with E-state index < -0.39 is 22.4 Å². The number of pyridine rings is 1. The number of fused-ring (bicyclic) bond motifs is 1. The maximum Gasteiger partial charge on any atom is 0.342 e. The summed E-state index contributed by atoms with van der Waals surface area (Å²) in [5.41, 5.74) is 1.54. The van der Waals surface area contributed by atoms with Crippen LogP contribution in [0.2, 0.25) is 0 Å². The van der Waals surface area contributed by atoms with Gasteiger partial charge < -0.3 is 10.1 Å². The first-order chi connectivity index (χ1) is 15.7. The smallest absolute Gasteiger partial charge is 0.342 e. The number of anilines is 2. The van der Waals surface area contributed by atoms with E-state index >= 15 is 0 Å². The predicted molar refractivity (Wildman–Crippen MR) is 125 cm³/mol. The first-order valence-corrected chi connectivity index (χ1v) is 9.96. The molecule has 0 radical (unpaired) electrons. The first-order valence-electron chi connectivity index (χ1n) is 9.96. The van der Waals surface area contributed by atoms with E-state index in [0.29, 0.717) is 16.9 Å². The van der Waals surface area contributed by atoms with E-state index in [2.05, 4.69) is 20.3 Å². The topological polar surface area (TPSA) is 125 Å². The van der Waals surface area contributed by atoms with E-state index in [1.807, 2.05) is 12.1 Å². The van der Waals surface area contributed by atoms with Crippen LogP contribution >= 0.6 is 0 Å². The molecule has 0 fully saturated rings. The summed E-state index contributed by atoms with van der Waals surface area (Å²) in [6, 6.07) is 7.57. The highest BCUT2D eigenvalue weighted by Crippen LogP contribution is 2.29. The van der Waals surface area contributed by atoms with Crippen molar-refractivity contribution in [3.8, 4) is 11.4 Å². The highest BCUT2D eigenvalue weighted by molar-refractivity contribution is 5.96. The largest absolute Gasteiger partial charge is 0.459 e. The number of nitro groups is 1. The van der Waals surface area contributed by atoms with Crippen molar-refractivity contribution in [1.82, 2.24) is 19.4 Å². The molecule has 176 valence electrons. The van der Waals surface area contributed by atoms with Gasteiger partial charge in [-0.2, -0.15) is 4.39 Å². The van der Waals surface area contributed by atoms with Gasteiger partial charge in [-0.25, -0.2) is 19.7 Å². The molecule has 1 N–H and O–H groups in total. The van der Waals surface area contributed by atoms with Crippen molar-refractivity contribution in [1.29, 1.82) is 0 Å². The van der Waals surface area contributed by atoms with Gasteiger partial charge in [-0.3, -0.25) is 14.5 Å². The van der Waals surface area contributed by atoms with Crippen molar-refractivity contribution < 1.29 is 18.8 Å². The third-order valence-corrected chi connectivity index (χ3v) is 4.75. The Morgan fingerprint density at radius 2 is 2.00 bits per heavy atom. The van der Waals surface area contributed by atoms with Crippen LogP contribution in [0.3, 0.4) is 0 Å². The summed E-state index contributed by atoms with van der Waals surface area (Å²) >= 11 is 0. The molecule has 0 unspecified atom stereocenters. The van der Waals surface area contributed by atoms with Gasteiger partial charge in [0, 0.05) is 18.5 Å². The molecule has 0 saturated heterocycles. The monoisotopic (exact) mass is 466 g/mol. The zero-order valence-corrected chi connectivity index (χ0v) is 17.9. The van der Waals surface area contributed by atoms with E-state index in [0.717, 1.165) is 12.1 Å². The maximum absolute atomic E-state index is 13.9. The molecule has 11 heteroatoms. The minimum absolute atomic E-state index is 0. The average Bonchev–Trinajstić information content (AvgIpc) is 3.19. The molecule has 10 nitrogen and oxygen atoms in total. The highest BCUT2D eigenvalue weighted by atomic mass is 19.1. The normalized spacial score (nSPS) is 10.7. The van der Waals surface area contributed by atoms with Crippen molar-refractivity contribution in [3.05, 3.63) is 76.0 Å². The molecule has 0 atom stereocenters. The van der Waals surface area contributed by atoms with Crippen LogP contribution in [0.1, 0.15) is 37.2 Å². The van der Waals surface area contributed by atoms with Gasteiger partial charge in [0.2, 0.25) is 11.8 Å². The molecule has 34 heavy (non-hydrogen) atoms. The number of aryl methyl sites for hydroxylation is 1. The van der Waals surface area contributed by atoms with Crippen molar-refractivity contribution in [2.75, 3.05) is 5.32 Å². The average molecular weight is 466 g/mol. The number of carbonyl (C=O) groups is 1. The lowest BCUT2D eigenvalue weighted by atomic mass is 10.1. The molecule has 1 aromatic carbocycles. The molecule has 0 aliphatic carbocycles. The molecule has 4 aromatic rings. The van der Waals surface area contributed by atoms with Crippen molar-refractivity contribution in [3.63, 3.8) is 0 Å². The first kappa shape index (κ1) is 24.2. The zero-order valence-electron chi connectivity index (χ0n) is 17.9. The van der Waals surface area contributed by atoms with E-state index in [-0.39, 0.29) is 36.4 Å². The number of hydrogen-bond acceptors (Lipinski definition) is 8. The van der Waals surface area contributed by atoms with Gasteiger partial charge in [-0.05, 0) is 44.5 Å². The number of ether oxygens (including phenoxy) is 1. The molecule has 3 aromatic heterocycles. The molecular weight excluding hydrogens is 443 g/mol. The lowest BCUT2D eigenvalue weighted by Gasteiger charge is -2.13. The molecule has 3 heterocycles. The fourth-order valence-corrected chi connectivity index (χ4v) is 3.23. The number of esters is 1. The summed E-state index contributed by atoms with van der Waals surface area (Å²) in [4.78, 5) is 36.0.